The van der Waals surface area contributed by atoms with Gasteiger partial charge in [0.15, 0.2) is 10.7 Å². The van der Waals surface area contributed by atoms with Crippen molar-refractivity contribution in [3.05, 3.63) is 36.4 Å². The molecule has 2 rings (SSSR count). The van der Waals surface area contributed by atoms with Gasteiger partial charge in [0, 0.05) is 11.1 Å². The number of nitrogen functional groups attached to an aromatic ring is 1. The lowest BCUT2D eigenvalue weighted by Crippen LogP contribution is -1.88. The molecule has 0 saturated heterocycles. The van der Waals surface area contributed by atoms with Gasteiger partial charge in [0.1, 0.15) is 0 Å². The van der Waals surface area contributed by atoms with Crippen molar-refractivity contribution >= 4 is 27.2 Å². The second-order valence-corrected chi connectivity index (χ2v) is 3.95. The quantitative estimate of drug-likeness (QED) is 0.544. The Morgan fingerprint density at radius 2 is 2.00 bits per heavy atom. The smallest absolute Gasteiger partial charge is 0.168 e. The van der Waals surface area contributed by atoms with E-state index in [1.807, 2.05) is 0 Å². The highest BCUT2D eigenvalue weighted by atomic mass is 32.2. The Kier molecular flexibility index (Phi) is 2.13. The van der Waals surface area contributed by atoms with E-state index >= 15 is 0 Å². The molecule has 1 radical (unpaired) electrons. The van der Waals surface area contributed by atoms with E-state index in [-0.39, 0.29) is 4.90 Å². The van der Waals surface area contributed by atoms with Gasteiger partial charge in [-0.05, 0) is 29.7 Å². The van der Waals surface area contributed by atoms with Crippen LogP contribution in [0.5, 0.6) is 0 Å². The van der Waals surface area contributed by atoms with Crippen molar-refractivity contribution in [3.8, 4) is 0 Å². The van der Waals surface area contributed by atoms with Crippen LogP contribution in [-0.4, -0.2) is 8.42 Å². The van der Waals surface area contributed by atoms with E-state index in [0.717, 1.165) is 10.8 Å². The summed E-state index contributed by atoms with van der Waals surface area (Å²) in [5.74, 6) is 0. The molecule has 0 unspecified atom stereocenters. The summed E-state index contributed by atoms with van der Waals surface area (Å²) in [5.41, 5.74) is 6.28. The molecule has 0 aliphatic heterocycles. The van der Waals surface area contributed by atoms with Gasteiger partial charge in [0.05, 0.1) is 4.90 Å². The van der Waals surface area contributed by atoms with E-state index in [1.165, 1.54) is 0 Å². The molecule has 2 aromatic rings. The number of hydrogen-bond acceptors (Lipinski definition) is 3. The number of rotatable bonds is 1. The van der Waals surface area contributed by atoms with Crippen molar-refractivity contribution in [2.45, 2.75) is 4.90 Å². The van der Waals surface area contributed by atoms with E-state index in [2.05, 4.69) is 6.07 Å². The van der Waals surface area contributed by atoms with Crippen molar-refractivity contribution in [2.24, 2.45) is 0 Å². The molecule has 3 nitrogen and oxygen atoms in total. The molecular weight excluding hydrogens is 198 g/mol. The van der Waals surface area contributed by atoms with Crippen LogP contribution in [0.1, 0.15) is 0 Å². The van der Waals surface area contributed by atoms with Gasteiger partial charge >= 0.3 is 0 Å². The second-order valence-electron chi connectivity index (χ2n) is 2.92. The van der Waals surface area contributed by atoms with Crippen LogP contribution in [0.2, 0.25) is 0 Å². The number of fused-ring (bicyclic) bond motifs is 1. The van der Waals surface area contributed by atoms with Crippen LogP contribution >= 0.6 is 0 Å². The van der Waals surface area contributed by atoms with E-state index in [0.29, 0.717) is 5.69 Å². The SMILES string of the molecule is Nc1cc[c]c2ccc([SH](=O)=O)cc12. The highest BCUT2D eigenvalue weighted by Crippen LogP contribution is 2.21. The third-order valence-corrected chi connectivity index (χ3v) is 2.73. The Balaban J connectivity index is 2.82. The molecule has 0 spiro atoms. The Morgan fingerprint density at radius 1 is 1.21 bits per heavy atom. The van der Waals surface area contributed by atoms with Crippen LogP contribution in [0.25, 0.3) is 10.8 Å². The molecular formula is C10H8NO2S. The van der Waals surface area contributed by atoms with Crippen molar-refractivity contribution in [2.75, 3.05) is 5.73 Å². The normalized spacial score (nSPS) is 10.9. The number of benzene rings is 2. The van der Waals surface area contributed by atoms with Gasteiger partial charge in [-0.3, -0.25) is 0 Å². The maximum atomic E-state index is 10.7. The van der Waals surface area contributed by atoms with Crippen LogP contribution < -0.4 is 5.73 Å². The van der Waals surface area contributed by atoms with Crippen molar-refractivity contribution in [1.29, 1.82) is 0 Å². The molecule has 2 aromatic carbocycles. The maximum Gasteiger partial charge on any atom is 0.168 e. The van der Waals surface area contributed by atoms with Crippen molar-refractivity contribution in [1.82, 2.24) is 0 Å². The Labute approximate surface area is 83.1 Å². The number of anilines is 1. The Morgan fingerprint density at radius 3 is 2.71 bits per heavy atom. The average Bonchev–Trinajstić information content (AvgIpc) is 2.18. The fraction of sp³-hybridized carbons (Fsp3) is 0. The van der Waals surface area contributed by atoms with Gasteiger partial charge in [-0.1, -0.05) is 12.1 Å². The summed E-state index contributed by atoms with van der Waals surface area (Å²) in [6.07, 6.45) is 0. The molecule has 14 heavy (non-hydrogen) atoms. The molecule has 4 heteroatoms. The maximum absolute atomic E-state index is 10.7. The fourth-order valence-electron chi connectivity index (χ4n) is 1.32. The van der Waals surface area contributed by atoms with Crippen LogP contribution in [0.4, 0.5) is 5.69 Å². The third kappa shape index (κ3) is 1.44. The standard InChI is InChI=1S/C10H8NO2S/c11-10-3-1-2-7-4-5-8(14(12)13)6-9(7)10/h1,3-6,14H,11H2. The van der Waals surface area contributed by atoms with E-state index < -0.39 is 10.7 Å². The first-order valence-corrected chi connectivity index (χ1v) is 5.20. The average molecular weight is 206 g/mol. The first-order chi connectivity index (χ1) is 6.68. The van der Waals surface area contributed by atoms with Gasteiger partial charge in [-0.25, -0.2) is 8.42 Å². The summed E-state index contributed by atoms with van der Waals surface area (Å²) in [7, 11) is -2.55. The first kappa shape index (κ1) is 9.02. The minimum Gasteiger partial charge on any atom is -0.398 e. The first-order valence-electron chi connectivity index (χ1n) is 4.03. The number of hydrogen-bond donors (Lipinski definition) is 2. The molecule has 0 aliphatic rings. The predicted octanol–water partition coefficient (Wildman–Crippen LogP) is 1.19. The molecule has 2 N–H and O–H groups in total. The lowest BCUT2D eigenvalue weighted by atomic mass is 10.1. The Hall–Kier alpha value is -1.55. The predicted molar refractivity (Wildman–Crippen MR) is 55.8 cm³/mol. The zero-order valence-corrected chi connectivity index (χ0v) is 8.12. The third-order valence-electron chi connectivity index (χ3n) is 2.03. The lowest BCUT2D eigenvalue weighted by Gasteiger charge is -2.01. The van der Waals surface area contributed by atoms with E-state index in [9.17, 15) is 8.42 Å². The molecule has 0 heterocycles. The fourth-order valence-corrected chi connectivity index (χ4v) is 1.75. The molecule has 0 aromatic heterocycles. The second kappa shape index (κ2) is 3.31. The summed E-state index contributed by atoms with van der Waals surface area (Å²) in [6, 6.07) is 11.2. The summed E-state index contributed by atoms with van der Waals surface area (Å²) < 4.78 is 21.5. The molecule has 0 bridgehead atoms. The summed E-state index contributed by atoms with van der Waals surface area (Å²) in [6.45, 7) is 0. The highest BCUT2D eigenvalue weighted by molar-refractivity contribution is 7.72. The zero-order chi connectivity index (χ0) is 10.1. The minimum atomic E-state index is -2.55. The van der Waals surface area contributed by atoms with Gasteiger partial charge in [-0.2, -0.15) is 0 Å². The van der Waals surface area contributed by atoms with E-state index in [4.69, 9.17) is 5.73 Å². The monoisotopic (exact) mass is 206 g/mol. The number of thiol groups is 1. The minimum absolute atomic E-state index is 0.277. The lowest BCUT2D eigenvalue weighted by molar-refractivity contribution is 0.614. The zero-order valence-electron chi connectivity index (χ0n) is 7.23. The molecule has 0 atom stereocenters. The van der Waals surface area contributed by atoms with Crippen LogP contribution in [-0.2, 0) is 10.7 Å². The largest absolute Gasteiger partial charge is 0.398 e. The molecule has 71 valence electrons. The van der Waals surface area contributed by atoms with E-state index in [1.54, 1.807) is 30.3 Å². The summed E-state index contributed by atoms with van der Waals surface area (Å²) >= 11 is 0. The van der Waals surface area contributed by atoms with Crippen LogP contribution in [0.15, 0.2) is 35.2 Å². The molecule has 0 aliphatic carbocycles. The molecule has 0 fully saturated rings. The van der Waals surface area contributed by atoms with Crippen LogP contribution in [0, 0.1) is 6.07 Å². The number of nitrogens with two attached hydrogens (primary N) is 1. The van der Waals surface area contributed by atoms with Gasteiger partial charge in [0.25, 0.3) is 0 Å². The highest BCUT2D eigenvalue weighted by Gasteiger charge is 2.00. The summed E-state index contributed by atoms with van der Waals surface area (Å²) in [4.78, 5) is 0.277. The van der Waals surface area contributed by atoms with Crippen molar-refractivity contribution in [3.63, 3.8) is 0 Å². The van der Waals surface area contributed by atoms with Gasteiger partial charge in [-0.15, -0.1) is 0 Å². The topological polar surface area (TPSA) is 60.2 Å². The molecule has 0 amide bonds. The van der Waals surface area contributed by atoms with Gasteiger partial charge in [0.2, 0.25) is 0 Å². The summed E-state index contributed by atoms with van der Waals surface area (Å²) in [5, 5.41) is 1.55. The Bertz CT molecular complexity index is 553. The van der Waals surface area contributed by atoms with Crippen LogP contribution in [0.3, 0.4) is 0 Å². The molecule has 0 saturated carbocycles. The van der Waals surface area contributed by atoms with Gasteiger partial charge < -0.3 is 5.73 Å². The van der Waals surface area contributed by atoms with Crippen molar-refractivity contribution < 1.29 is 8.42 Å².